The van der Waals surface area contributed by atoms with Crippen molar-refractivity contribution in [1.82, 2.24) is 10.6 Å². The number of alkyl halides is 2. The summed E-state index contributed by atoms with van der Waals surface area (Å²) >= 11 is 7.55. The lowest BCUT2D eigenvalue weighted by molar-refractivity contribution is -0.0504. The van der Waals surface area contributed by atoms with E-state index in [1.807, 2.05) is 17.5 Å². The summed E-state index contributed by atoms with van der Waals surface area (Å²) in [4.78, 5) is 5.26. The van der Waals surface area contributed by atoms with Crippen LogP contribution in [0.5, 0.6) is 5.75 Å². The van der Waals surface area contributed by atoms with E-state index in [1.54, 1.807) is 24.5 Å². The summed E-state index contributed by atoms with van der Waals surface area (Å²) in [5.74, 6) is 0.645. The number of ether oxygens (including phenoxy) is 1. The highest BCUT2D eigenvalue weighted by Gasteiger charge is 2.11. The number of guanidine groups is 1. The molecule has 0 spiro atoms. The van der Waals surface area contributed by atoms with E-state index in [4.69, 9.17) is 11.6 Å². The third kappa shape index (κ3) is 6.78. The van der Waals surface area contributed by atoms with E-state index in [0.29, 0.717) is 23.1 Å². The Balaban J connectivity index is 0.00000288. The molecule has 0 aliphatic carbocycles. The average molecular weight is 488 g/mol. The first-order valence-corrected chi connectivity index (χ1v) is 8.04. The molecule has 0 fully saturated rings. The summed E-state index contributed by atoms with van der Waals surface area (Å²) in [5, 5.41) is 8.64. The Morgan fingerprint density at radius 1 is 1.29 bits per heavy atom. The Morgan fingerprint density at radius 2 is 2.04 bits per heavy atom. The SMILES string of the molecule is CN=C(NCc1cccs1)NCc1cc(Cl)ccc1OC(F)F.I. The molecule has 1 heterocycles. The number of halogens is 4. The molecule has 0 aliphatic rings. The van der Waals surface area contributed by atoms with Crippen molar-refractivity contribution in [3.05, 3.63) is 51.2 Å². The van der Waals surface area contributed by atoms with Crippen LogP contribution in [0.2, 0.25) is 5.02 Å². The Hall–Kier alpha value is -1.13. The number of rotatable bonds is 6. The van der Waals surface area contributed by atoms with Crippen LogP contribution in [0.15, 0.2) is 40.7 Å². The highest BCUT2D eigenvalue weighted by atomic mass is 127. The summed E-state index contributed by atoms with van der Waals surface area (Å²) in [6.07, 6.45) is 0. The van der Waals surface area contributed by atoms with Crippen molar-refractivity contribution in [2.24, 2.45) is 4.99 Å². The molecule has 0 radical (unpaired) electrons. The predicted molar refractivity (Wildman–Crippen MR) is 105 cm³/mol. The zero-order valence-corrected chi connectivity index (χ0v) is 16.7. The fourth-order valence-electron chi connectivity index (χ4n) is 1.88. The molecule has 0 atom stereocenters. The molecular formula is C15H17ClF2IN3OS. The van der Waals surface area contributed by atoms with Gasteiger partial charge in [0.15, 0.2) is 5.96 Å². The van der Waals surface area contributed by atoms with Crippen molar-refractivity contribution in [3.63, 3.8) is 0 Å². The Morgan fingerprint density at radius 3 is 2.67 bits per heavy atom. The van der Waals surface area contributed by atoms with Crippen LogP contribution in [0, 0.1) is 0 Å². The minimum atomic E-state index is -2.88. The van der Waals surface area contributed by atoms with Crippen molar-refractivity contribution in [1.29, 1.82) is 0 Å². The summed E-state index contributed by atoms with van der Waals surface area (Å²) in [6.45, 7) is -1.99. The normalized spacial score (nSPS) is 11.1. The summed E-state index contributed by atoms with van der Waals surface area (Å²) in [7, 11) is 1.64. The highest BCUT2D eigenvalue weighted by Crippen LogP contribution is 2.24. The van der Waals surface area contributed by atoms with Crippen LogP contribution < -0.4 is 15.4 Å². The van der Waals surface area contributed by atoms with Crippen LogP contribution in [-0.4, -0.2) is 19.6 Å². The molecule has 2 rings (SSSR count). The monoisotopic (exact) mass is 487 g/mol. The molecule has 0 unspecified atom stereocenters. The minimum Gasteiger partial charge on any atom is -0.434 e. The molecule has 9 heteroatoms. The lowest BCUT2D eigenvalue weighted by atomic mass is 10.2. The Bertz CT molecular complexity index is 656. The van der Waals surface area contributed by atoms with Gasteiger partial charge in [-0.2, -0.15) is 8.78 Å². The van der Waals surface area contributed by atoms with Crippen molar-refractivity contribution in [2.75, 3.05) is 7.05 Å². The maximum atomic E-state index is 12.4. The van der Waals surface area contributed by atoms with Gasteiger partial charge in [0.05, 0.1) is 6.54 Å². The lowest BCUT2D eigenvalue weighted by Gasteiger charge is -2.14. The highest BCUT2D eigenvalue weighted by molar-refractivity contribution is 14.0. The zero-order valence-electron chi connectivity index (χ0n) is 12.8. The number of aliphatic imine (C=N–C) groups is 1. The van der Waals surface area contributed by atoms with Crippen molar-refractivity contribution in [3.8, 4) is 5.75 Å². The number of nitrogens with zero attached hydrogens (tertiary/aromatic N) is 1. The molecule has 0 bridgehead atoms. The topological polar surface area (TPSA) is 45.7 Å². The Kier molecular flexibility index (Phi) is 9.30. The molecule has 0 amide bonds. The summed E-state index contributed by atoms with van der Waals surface area (Å²) < 4.78 is 29.4. The van der Waals surface area contributed by atoms with Crippen molar-refractivity contribution in [2.45, 2.75) is 19.7 Å². The van der Waals surface area contributed by atoms with Crippen LogP contribution in [0.1, 0.15) is 10.4 Å². The molecule has 0 saturated carbocycles. The van der Waals surface area contributed by atoms with Crippen LogP contribution in [0.4, 0.5) is 8.78 Å². The van der Waals surface area contributed by atoms with Gasteiger partial charge in [-0.25, -0.2) is 0 Å². The van der Waals surface area contributed by atoms with E-state index in [9.17, 15) is 8.78 Å². The number of nitrogens with one attached hydrogen (secondary N) is 2. The third-order valence-corrected chi connectivity index (χ3v) is 4.03. The maximum absolute atomic E-state index is 12.4. The van der Waals surface area contributed by atoms with E-state index >= 15 is 0 Å². The molecule has 4 nitrogen and oxygen atoms in total. The zero-order chi connectivity index (χ0) is 16.7. The van der Waals surface area contributed by atoms with Gasteiger partial charge in [-0.1, -0.05) is 17.7 Å². The smallest absolute Gasteiger partial charge is 0.387 e. The molecule has 24 heavy (non-hydrogen) atoms. The van der Waals surface area contributed by atoms with E-state index in [-0.39, 0.29) is 36.3 Å². The van der Waals surface area contributed by atoms with E-state index in [1.165, 1.54) is 12.1 Å². The molecule has 0 aliphatic heterocycles. The van der Waals surface area contributed by atoms with Gasteiger partial charge < -0.3 is 15.4 Å². The molecule has 1 aromatic heterocycles. The first-order chi connectivity index (χ1) is 11.1. The predicted octanol–water partition coefficient (Wildman–Crippen LogP) is 4.49. The Labute approximate surface area is 165 Å². The van der Waals surface area contributed by atoms with Gasteiger partial charge >= 0.3 is 6.61 Å². The first kappa shape index (κ1) is 20.9. The van der Waals surface area contributed by atoms with Crippen molar-refractivity contribution >= 4 is 52.9 Å². The number of hydrogen-bond donors (Lipinski definition) is 2. The van der Waals surface area contributed by atoms with E-state index in [2.05, 4.69) is 20.4 Å². The number of thiophene rings is 1. The molecule has 1 aromatic carbocycles. The van der Waals surface area contributed by atoms with Crippen LogP contribution in [0.3, 0.4) is 0 Å². The van der Waals surface area contributed by atoms with E-state index < -0.39 is 6.61 Å². The molecular weight excluding hydrogens is 471 g/mol. The van der Waals surface area contributed by atoms with Crippen LogP contribution >= 0.6 is 46.9 Å². The van der Waals surface area contributed by atoms with Gasteiger partial charge in [-0.05, 0) is 29.6 Å². The molecule has 132 valence electrons. The summed E-state index contributed by atoms with van der Waals surface area (Å²) in [6, 6.07) is 8.49. The molecule has 2 N–H and O–H groups in total. The second-order valence-electron chi connectivity index (χ2n) is 4.49. The summed E-state index contributed by atoms with van der Waals surface area (Å²) in [5.41, 5.74) is 0.525. The number of hydrogen-bond acceptors (Lipinski definition) is 3. The molecule has 2 aromatic rings. The fourth-order valence-corrected chi connectivity index (χ4v) is 2.72. The van der Waals surface area contributed by atoms with E-state index in [0.717, 1.165) is 4.88 Å². The molecule has 0 saturated heterocycles. The maximum Gasteiger partial charge on any atom is 0.387 e. The third-order valence-electron chi connectivity index (χ3n) is 2.92. The van der Waals surface area contributed by atoms with Gasteiger partial charge in [-0.3, -0.25) is 4.99 Å². The largest absolute Gasteiger partial charge is 0.434 e. The fraction of sp³-hybridized carbons (Fsp3) is 0.267. The second kappa shape index (κ2) is 10.7. The quantitative estimate of drug-likeness (QED) is 0.359. The second-order valence-corrected chi connectivity index (χ2v) is 5.96. The standard InChI is InChI=1S/C15H16ClF2N3OS.HI/c1-19-15(21-9-12-3-2-6-23-12)20-8-10-7-11(16)4-5-13(10)22-14(17)18;/h2-7,14H,8-9H2,1H3,(H2,19,20,21);1H. The minimum absolute atomic E-state index is 0. The first-order valence-electron chi connectivity index (χ1n) is 6.78. The van der Waals surface area contributed by atoms with Gasteiger partial charge in [0.1, 0.15) is 5.75 Å². The van der Waals surface area contributed by atoms with Gasteiger partial charge in [0, 0.05) is 29.1 Å². The number of benzene rings is 1. The van der Waals surface area contributed by atoms with Gasteiger partial charge in [0.25, 0.3) is 0 Å². The van der Waals surface area contributed by atoms with Crippen molar-refractivity contribution < 1.29 is 13.5 Å². The van der Waals surface area contributed by atoms with Crippen LogP contribution in [0.25, 0.3) is 0 Å². The van der Waals surface area contributed by atoms with Crippen LogP contribution in [-0.2, 0) is 13.1 Å². The van der Waals surface area contributed by atoms with Gasteiger partial charge in [0.2, 0.25) is 0 Å². The average Bonchev–Trinajstić information content (AvgIpc) is 3.03. The lowest BCUT2D eigenvalue weighted by Crippen LogP contribution is -2.36. The van der Waals surface area contributed by atoms with Gasteiger partial charge in [-0.15, -0.1) is 35.3 Å².